The zero-order valence-electron chi connectivity index (χ0n) is 22.6. The summed E-state index contributed by atoms with van der Waals surface area (Å²) in [5, 5.41) is 0.643. The molecule has 0 saturated carbocycles. The van der Waals surface area contributed by atoms with Gasteiger partial charge >= 0.3 is 12.2 Å². The van der Waals surface area contributed by atoms with Gasteiger partial charge in [0, 0.05) is 17.4 Å². The van der Waals surface area contributed by atoms with Crippen molar-refractivity contribution in [3.63, 3.8) is 0 Å². The first kappa shape index (κ1) is 25.6. The molecule has 1 spiro atoms. The second-order valence-corrected chi connectivity index (χ2v) is 10.3. The standard InChI is InChI=1S/C34H26N2O6/c37-31-26-16-8-10-18-28(26)36(33(39)41-22-24-13-5-2-6-14-24)34(31)20-19-29-30(42-34)25-15-7-9-17-27(25)35(29)32(38)40-21-23-11-3-1-4-12-23/h1-18H,19-22H2. The number of ketones is 1. The molecule has 5 aromatic rings. The summed E-state index contributed by atoms with van der Waals surface area (Å²) in [4.78, 5) is 42.5. The van der Waals surface area contributed by atoms with Crippen LogP contribution in [0.5, 0.6) is 5.75 Å². The van der Waals surface area contributed by atoms with Gasteiger partial charge in [-0.3, -0.25) is 4.79 Å². The molecule has 2 aliphatic heterocycles. The number of hydrogen-bond acceptors (Lipinski definition) is 6. The van der Waals surface area contributed by atoms with Crippen molar-refractivity contribution in [2.24, 2.45) is 0 Å². The summed E-state index contributed by atoms with van der Waals surface area (Å²) in [6.45, 7) is 0.154. The van der Waals surface area contributed by atoms with E-state index in [-0.39, 0.29) is 31.8 Å². The fraction of sp³-hybridized carbons (Fsp3) is 0.147. The van der Waals surface area contributed by atoms with Gasteiger partial charge < -0.3 is 14.2 Å². The molecule has 0 bridgehead atoms. The Morgan fingerprint density at radius 3 is 2.05 bits per heavy atom. The number of carbonyl (C=O) groups excluding carboxylic acids is 3. The van der Waals surface area contributed by atoms with Crippen molar-refractivity contribution in [3.8, 4) is 5.75 Å². The van der Waals surface area contributed by atoms with Gasteiger partial charge in [0.25, 0.3) is 5.72 Å². The third-order valence-electron chi connectivity index (χ3n) is 7.77. The van der Waals surface area contributed by atoms with Gasteiger partial charge in [-0.15, -0.1) is 0 Å². The van der Waals surface area contributed by atoms with Crippen molar-refractivity contribution in [2.45, 2.75) is 31.8 Å². The molecule has 3 heterocycles. The van der Waals surface area contributed by atoms with Crippen LogP contribution in [0.1, 0.15) is 33.6 Å². The quantitative estimate of drug-likeness (QED) is 0.239. The van der Waals surface area contributed by atoms with Crippen LogP contribution in [0.4, 0.5) is 15.3 Å². The Labute approximate surface area is 241 Å². The smallest absolute Gasteiger partial charge is 0.419 e. The average Bonchev–Trinajstić information content (AvgIpc) is 3.49. The lowest BCUT2D eigenvalue weighted by atomic mass is 9.96. The van der Waals surface area contributed by atoms with Crippen LogP contribution in [0.25, 0.3) is 10.9 Å². The molecule has 8 heteroatoms. The van der Waals surface area contributed by atoms with E-state index >= 15 is 0 Å². The number of rotatable bonds is 4. The monoisotopic (exact) mass is 558 g/mol. The molecule has 0 fully saturated rings. The Kier molecular flexibility index (Phi) is 6.23. The van der Waals surface area contributed by atoms with E-state index < -0.39 is 17.9 Å². The lowest BCUT2D eigenvalue weighted by Gasteiger charge is -2.39. The molecule has 42 heavy (non-hydrogen) atoms. The summed E-state index contributed by atoms with van der Waals surface area (Å²) >= 11 is 0. The van der Waals surface area contributed by atoms with Crippen LogP contribution >= 0.6 is 0 Å². The molecule has 2 aliphatic rings. The highest BCUT2D eigenvalue weighted by Gasteiger charge is 2.59. The molecule has 0 aliphatic carbocycles. The fourth-order valence-electron chi connectivity index (χ4n) is 5.82. The van der Waals surface area contributed by atoms with E-state index in [0.29, 0.717) is 33.6 Å². The van der Waals surface area contributed by atoms with E-state index in [2.05, 4.69) is 0 Å². The van der Waals surface area contributed by atoms with E-state index in [9.17, 15) is 14.4 Å². The van der Waals surface area contributed by atoms with Crippen molar-refractivity contribution in [3.05, 3.63) is 132 Å². The first-order chi connectivity index (χ1) is 20.6. The van der Waals surface area contributed by atoms with Crippen LogP contribution < -0.4 is 9.64 Å². The highest BCUT2D eigenvalue weighted by Crippen LogP contribution is 2.49. The van der Waals surface area contributed by atoms with Gasteiger partial charge in [-0.1, -0.05) is 84.9 Å². The van der Waals surface area contributed by atoms with Crippen LogP contribution in [-0.2, 0) is 29.1 Å². The minimum absolute atomic E-state index is 0.0421. The number of nitrogens with zero attached hydrogens (tertiary/aromatic N) is 2. The first-order valence-electron chi connectivity index (χ1n) is 13.7. The maximum absolute atomic E-state index is 14.0. The van der Waals surface area contributed by atoms with Gasteiger partial charge in [-0.2, -0.15) is 0 Å². The van der Waals surface area contributed by atoms with E-state index in [1.165, 1.54) is 9.47 Å². The van der Waals surface area contributed by atoms with Gasteiger partial charge in [-0.25, -0.2) is 19.1 Å². The van der Waals surface area contributed by atoms with E-state index in [1.54, 1.807) is 24.3 Å². The van der Waals surface area contributed by atoms with E-state index in [1.807, 2.05) is 84.9 Å². The number of anilines is 1. The SMILES string of the molecule is O=C(OCc1ccccc1)N1c2ccccc2C(=O)C12CCc1c(c3ccccc3n1C(=O)OCc1ccccc1)O2. The average molecular weight is 559 g/mol. The van der Waals surface area contributed by atoms with E-state index in [4.69, 9.17) is 14.2 Å². The zero-order valence-corrected chi connectivity index (χ0v) is 22.6. The molecule has 0 radical (unpaired) electrons. The molecular weight excluding hydrogens is 532 g/mol. The fourth-order valence-corrected chi connectivity index (χ4v) is 5.82. The lowest BCUT2D eigenvalue weighted by Crippen LogP contribution is -2.59. The summed E-state index contributed by atoms with van der Waals surface area (Å²) in [5.74, 6) is 0.0411. The minimum atomic E-state index is -1.66. The van der Waals surface area contributed by atoms with Crippen LogP contribution in [0.15, 0.2) is 109 Å². The summed E-state index contributed by atoms with van der Waals surface area (Å²) in [5.41, 5.74) is 2.01. The third-order valence-corrected chi connectivity index (χ3v) is 7.77. The molecule has 1 atom stereocenters. The maximum Gasteiger partial charge on any atom is 0.419 e. The summed E-state index contributed by atoms with van der Waals surface area (Å²) < 4.78 is 19.5. The van der Waals surface area contributed by atoms with Crippen LogP contribution in [0.3, 0.4) is 0 Å². The Balaban J connectivity index is 1.26. The number of hydrogen-bond donors (Lipinski definition) is 0. The van der Waals surface area contributed by atoms with Gasteiger partial charge in [0.2, 0.25) is 5.78 Å². The normalized spacial score (nSPS) is 17.0. The molecule has 8 nitrogen and oxygen atoms in total. The second kappa shape index (κ2) is 10.2. The van der Waals surface area contributed by atoms with Crippen molar-refractivity contribution in [1.82, 2.24) is 4.57 Å². The molecule has 0 N–H and O–H groups in total. The number of ether oxygens (including phenoxy) is 3. The number of fused-ring (bicyclic) bond motifs is 4. The number of amides is 1. The predicted molar refractivity (Wildman–Crippen MR) is 156 cm³/mol. The zero-order chi connectivity index (χ0) is 28.7. The van der Waals surface area contributed by atoms with Crippen molar-refractivity contribution in [2.75, 3.05) is 4.90 Å². The molecule has 4 aromatic carbocycles. The molecule has 1 unspecified atom stereocenters. The molecule has 7 rings (SSSR count). The Morgan fingerprint density at radius 2 is 1.33 bits per heavy atom. The Hall–Kier alpha value is -5.37. The van der Waals surface area contributed by atoms with E-state index in [0.717, 1.165) is 11.1 Å². The molecule has 0 saturated heterocycles. The Morgan fingerprint density at radius 1 is 0.738 bits per heavy atom. The molecule has 1 amide bonds. The number of benzene rings is 4. The Bertz CT molecular complexity index is 1830. The van der Waals surface area contributed by atoms with Gasteiger partial charge in [-0.05, 0) is 41.8 Å². The van der Waals surface area contributed by atoms with Crippen molar-refractivity contribution < 1.29 is 28.6 Å². The number of carbonyl (C=O) groups is 3. The predicted octanol–water partition coefficient (Wildman–Crippen LogP) is 6.89. The topological polar surface area (TPSA) is 87.1 Å². The number of Topliss-reactive ketones (excluding diaryl/α,β-unsaturated/α-hetero) is 1. The lowest BCUT2D eigenvalue weighted by molar-refractivity contribution is 0.0346. The highest BCUT2D eigenvalue weighted by molar-refractivity contribution is 6.19. The van der Waals surface area contributed by atoms with Gasteiger partial charge in [0.15, 0.2) is 5.75 Å². The minimum Gasteiger partial charge on any atom is -0.457 e. The van der Waals surface area contributed by atoms with Crippen molar-refractivity contribution in [1.29, 1.82) is 0 Å². The molecule has 1 aromatic heterocycles. The summed E-state index contributed by atoms with van der Waals surface area (Å²) in [6.07, 6.45) is -0.828. The van der Waals surface area contributed by atoms with Gasteiger partial charge in [0.05, 0.1) is 16.9 Å². The second-order valence-electron chi connectivity index (χ2n) is 10.3. The third kappa shape index (κ3) is 4.11. The van der Waals surface area contributed by atoms with Gasteiger partial charge in [0.1, 0.15) is 13.2 Å². The molecule has 208 valence electrons. The van der Waals surface area contributed by atoms with Crippen LogP contribution in [0, 0.1) is 0 Å². The summed E-state index contributed by atoms with van der Waals surface area (Å²) in [7, 11) is 0. The molecular formula is C34H26N2O6. The highest BCUT2D eigenvalue weighted by atomic mass is 16.6. The number of aromatic nitrogens is 1. The maximum atomic E-state index is 14.0. The van der Waals surface area contributed by atoms with Crippen LogP contribution in [-0.4, -0.2) is 28.3 Å². The number of para-hydroxylation sites is 2. The summed E-state index contributed by atoms with van der Waals surface area (Å²) in [6, 6.07) is 33.0. The van der Waals surface area contributed by atoms with Crippen molar-refractivity contribution >= 4 is 34.6 Å². The largest absolute Gasteiger partial charge is 0.457 e. The van der Waals surface area contributed by atoms with Crippen LogP contribution in [0.2, 0.25) is 0 Å². The first-order valence-corrected chi connectivity index (χ1v) is 13.7.